The molecule has 0 aromatic heterocycles. The summed E-state index contributed by atoms with van der Waals surface area (Å²) in [5, 5.41) is 18.1. The average molecular weight is 331 g/mol. The first kappa shape index (κ1) is 17.4. The maximum absolute atomic E-state index is 12.2. The maximum Gasteiger partial charge on any atom is 0.322 e. The first-order valence-corrected chi connectivity index (χ1v) is 8.03. The Balaban J connectivity index is 3.17. The van der Waals surface area contributed by atoms with E-state index in [1.54, 1.807) is 19.9 Å². The minimum atomic E-state index is -4.05. The fourth-order valence-corrected chi connectivity index (χ4v) is 3.12. The van der Waals surface area contributed by atoms with Crippen molar-refractivity contribution in [2.24, 2.45) is 5.92 Å². The van der Waals surface area contributed by atoms with E-state index in [1.165, 1.54) is 12.1 Å². The van der Waals surface area contributed by atoms with Gasteiger partial charge in [0.15, 0.2) is 0 Å². The van der Waals surface area contributed by atoms with Crippen LogP contribution < -0.4 is 4.72 Å². The highest BCUT2D eigenvalue weighted by Gasteiger charge is 2.29. The number of halogens is 1. The number of nitrogens with one attached hydrogen (secondary N) is 1. The molecule has 0 amide bonds. The lowest BCUT2D eigenvalue weighted by molar-refractivity contribution is -0.140. The number of hydrogen-bond acceptors (Lipinski definition) is 4. The fraction of sp³-hybridized carbons (Fsp3) is 0.385. The van der Waals surface area contributed by atoms with Crippen LogP contribution in [0.5, 0.6) is 0 Å². The van der Waals surface area contributed by atoms with E-state index in [0.717, 1.165) is 6.07 Å². The first-order chi connectivity index (χ1) is 9.72. The molecule has 0 radical (unpaired) electrons. The first-order valence-electron chi connectivity index (χ1n) is 6.17. The molecule has 0 saturated carbocycles. The van der Waals surface area contributed by atoms with E-state index in [0.29, 0.717) is 6.42 Å². The van der Waals surface area contributed by atoms with Gasteiger partial charge in [-0.15, -0.1) is 0 Å². The standard InChI is InChI=1S/C13H15ClN2O4S/c1-3-8(2)12(13(17)18)16-21(19,20)10-4-5-11(14)9(6-10)7-15/h4-6,8,12,16H,3H2,1-2H3,(H,17,18)/t8-,12-/m0/s1. The zero-order chi connectivity index (χ0) is 16.2. The van der Waals surface area contributed by atoms with Crippen molar-refractivity contribution in [1.82, 2.24) is 4.72 Å². The Morgan fingerprint density at radius 2 is 2.14 bits per heavy atom. The quantitative estimate of drug-likeness (QED) is 0.829. The van der Waals surface area contributed by atoms with E-state index in [2.05, 4.69) is 4.72 Å². The molecule has 0 heterocycles. The highest BCUT2D eigenvalue weighted by Crippen LogP contribution is 2.20. The van der Waals surface area contributed by atoms with E-state index in [-0.39, 0.29) is 21.4 Å². The topological polar surface area (TPSA) is 107 Å². The molecule has 0 aliphatic carbocycles. The maximum atomic E-state index is 12.2. The molecule has 1 aromatic rings. The summed E-state index contributed by atoms with van der Waals surface area (Å²) in [7, 11) is -4.05. The highest BCUT2D eigenvalue weighted by molar-refractivity contribution is 7.89. The van der Waals surface area contributed by atoms with Crippen LogP contribution in [0.25, 0.3) is 0 Å². The Kier molecular flexibility index (Phi) is 5.72. The summed E-state index contributed by atoms with van der Waals surface area (Å²) in [6, 6.07) is 4.16. The van der Waals surface area contributed by atoms with Crippen molar-refractivity contribution in [1.29, 1.82) is 5.26 Å². The predicted octanol–water partition coefficient (Wildman–Crippen LogP) is 1.99. The van der Waals surface area contributed by atoms with Gasteiger partial charge in [0, 0.05) is 0 Å². The number of nitrogens with zero attached hydrogens (tertiary/aromatic N) is 1. The summed E-state index contributed by atoms with van der Waals surface area (Å²) >= 11 is 5.74. The zero-order valence-corrected chi connectivity index (χ0v) is 13.1. The molecule has 0 unspecified atom stereocenters. The van der Waals surface area contributed by atoms with Gasteiger partial charge < -0.3 is 5.11 Å². The normalized spacial score (nSPS) is 14.2. The molecule has 1 aromatic carbocycles. The summed E-state index contributed by atoms with van der Waals surface area (Å²) < 4.78 is 26.6. The minimum Gasteiger partial charge on any atom is -0.480 e. The monoisotopic (exact) mass is 330 g/mol. The Hall–Kier alpha value is -1.62. The molecule has 0 aliphatic heterocycles. The second-order valence-corrected chi connectivity index (χ2v) is 6.70. The Morgan fingerprint density at radius 1 is 1.52 bits per heavy atom. The SMILES string of the molecule is CC[C@H](C)[C@H](NS(=O)(=O)c1ccc(Cl)c(C#N)c1)C(=O)O. The van der Waals surface area contributed by atoms with E-state index >= 15 is 0 Å². The average Bonchev–Trinajstić information content (AvgIpc) is 2.44. The predicted molar refractivity (Wildman–Crippen MR) is 77.4 cm³/mol. The van der Waals surface area contributed by atoms with Crippen LogP contribution in [0.3, 0.4) is 0 Å². The molecule has 0 spiro atoms. The smallest absolute Gasteiger partial charge is 0.322 e. The van der Waals surface area contributed by atoms with E-state index in [4.69, 9.17) is 22.0 Å². The lowest BCUT2D eigenvalue weighted by atomic mass is 10.0. The molecule has 0 fully saturated rings. The summed E-state index contributed by atoms with van der Waals surface area (Å²) in [5.74, 6) is -1.62. The second-order valence-electron chi connectivity index (χ2n) is 4.58. The van der Waals surface area contributed by atoms with Crippen LogP contribution in [0.4, 0.5) is 0 Å². The van der Waals surface area contributed by atoms with Crippen molar-refractivity contribution in [2.75, 3.05) is 0 Å². The number of rotatable bonds is 6. The number of carboxylic acids is 1. The number of benzene rings is 1. The van der Waals surface area contributed by atoms with Gasteiger partial charge in [0.2, 0.25) is 10.0 Å². The van der Waals surface area contributed by atoms with Crippen LogP contribution in [0.1, 0.15) is 25.8 Å². The van der Waals surface area contributed by atoms with Crippen molar-refractivity contribution < 1.29 is 18.3 Å². The molecular formula is C13H15ClN2O4S. The number of sulfonamides is 1. The molecule has 2 N–H and O–H groups in total. The van der Waals surface area contributed by atoms with Gasteiger partial charge in [-0.25, -0.2) is 8.42 Å². The molecule has 6 nitrogen and oxygen atoms in total. The van der Waals surface area contributed by atoms with Crippen molar-refractivity contribution in [3.05, 3.63) is 28.8 Å². The molecule has 21 heavy (non-hydrogen) atoms. The zero-order valence-electron chi connectivity index (χ0n) is 11.5. The van der Waals surface area contributed by atoms with E-state index < -0.39 is 22.0 Å². The molecular weight excluding hydrogens is 316 g/mol. The van der Waals surface area contributed by atoms with Crippen LogP contribution in [-0.2, 0) is 14.8 Å². The third-order valence-corrected chi connectivity index (χ3v) is 4.90. The minimum absolute atomic E-state index is 0.00922. The summed E-state index contributed by atoms with van der Waals surface area (Å²) in [6.45, 7) is 3.41. The van der Waals surface area contributed by atoms with Crippen molar-refractivity contribution in [2.45, 2.75) is 31.2 Å². The van der Waals surface area contributed by atoms with Gasteiger partial charge >= 0.3 is 5.97 Å². The van der Waals surface area contributed by atoms with Gasteiger partial charge in [0.05, 0.1) is 15.5 Å². The summed E-state index contributed by atoms with van der Waals surface area (Å²) in [4.78, 5) is 11.0. The van der Waals surface area contributed by atoms with Crippen molar-refractivity contribution >= 4 is 27.6 Å². The molecule has 8 heteroatoms. The molecule has 1 rings (SSSR count). The van der Waals surface area contributed by atoms with Gasteiger partial charge in [0.25, 0.3) is 0 Å². The van der Waals surface area contributed by atoms with Gasteiger partial charge in [-0.3, -0.25) is 4.79 Å². The second kappa shape index (κ2) is 6.89. The molecule has 114 valence electrons. The lowest BCUT2D eigenvalue weighted by Gasteiger charge is -2.20. The highest BCUT2D eigenvalue weighted by atomic mass is 35.5. The van der Waals surface area contributed by atoms with Crippen LogP contribution in [-0.4, -0.2) is 25.5 Å². The van der Waals surface area contributed by atoms with E-state index in [1.807, 2.05) is 0 Å². The van der Waals surface area contributed by atoms with Gasteiger partial charge in [-0.2, -0.15) is 9.98 Å². The van der Waals surface area contributed by atoms with Crippen molar-refractivity contribution in [3.63, 3.8) is 0 Å². The number of aliphatic carboxylic acids is 1. The van der Waals surface area contributed by atoms with Crippen molar-refractivity contribution in [3.8, 4) is 6.07 Å². The van der Waals surface area contributed by atoms with Gasteiger partial charge in [-0.1, -0.05) is 31.9 Å². The summed E-state index contributed by atoms with van der Waals surface area (Å²) in [5.41, 5.74) is 0.00922. The molecule has 0 aliphatic rings. The number of nitriles is 1. The Labute approximate surface area is 128 Å². The van der Waals surface area contributed by atoms with Crippen LogP contribution >= 0.6 is 11.6 Å². The molecule has 0 saturated heterocycles. The van der Waals surface area contributed by atoms with E-state index in [9.17, 15) is 13.2 Å². The third-order valence-electron chi connectivity index (χ3n) is 3.13. The summed E-state index contributed by atoms with van der Waals surface area (Å²) in [6.07, 6.45) is 0.504. The Bertz CT molecular complexity index is 682. The number of carbonyl (C=O) groups is 1. The fourth-order valence-electron chi connectivity index (χ4n) is 1.64. The van der Waals surface area contributed by atoms with Crippen LogP contribution in [0.2, 0.25) is 5.02 Å². The largest absolute Gasteiger partial charge is 0.480 e. The lowest BCUT2D eigenvalue weighted by Crippen LogP contribution is -2.44. The number of hydrogen-bond donors (Lipinski definition) is 2. The van der Waals surface area contributed by atoms with Gasteiger partial charge in [-0.05, 0) is 24.1 Å². The van der Waals surface area contributed by atoms with Gasteiger partial charge in [0.1, 0.15) is 12.1 Å². The third kappa shape index (κ3) is 4.17. The van der Waals surface area contributed by atoms with Crippen LogP contribution in [0.15, 0.2) is 23.1 Å². The Morgan fingerprint density at radius 3 is 2.62 bits per heavy atom. The van der Waals surface area contributed by atoms with Crippen LogP contribution in [0, 0.1) is 17.2 Å². The molecule has 2 atom stereocenters. The number of carboxylic acid groups (broad SMARTS) is 1. The molecule has 0 bridgehead atoms.